The highest BCUT2D eigenvalue weighted by Gasteiger charge is 2.53. The molecule has 10 heteroatoms. The quantitative estimate of drug-likeness (QED) is 0.631. The molecule has 0 radical (unpaired) electrons. The SMILES string of the molecule is CCCNC(=O)CCS(=O)(=O)N1CCC2(CC1)NC(=O)N(c1ccccc1)C2=O. The lowest BCUT2D eigenvalue weighted by molar-refractivity contribution is -0.123. The lowest BCUT2D eigenvalue weighted by Crippen LogP contribution is -2.56. The molecule has 2 fully saturated rings. The molecule has 1 aromatic carbocycles. The second kappa shape index (κ2) is 8.50. The summed E-state index contributed by atoms with van der Waals surface area (Å²) >= 11 is 0. The smallest absolute Gasteiger partial charge is 0.329 e. The van der Waals surface area contributed by atoms with Crippen LogP contribution in [-0.4, -0.2) is 61.5 Å². The molecule has 0 aliphatic carbocycles. The van der Waals surface area contributed by atoms with Crippen LogP contribution in [0.1, 0.15) is 32.6 Å². The van der Waals surface area contributed by atoms with Crippen molar-refractivity contribution in [3.05, 3.63) is 30.3 Å². The number of hydrogen-bond donors (Lipinski definition) is 2. The molecule has 2 aliphatic rings. The fourth-order valence-electron chi connectivity index (χ4n) is 3.62. The number of carbonyl (C=O) groups is 3. The van der Waals surface area contributed by atoms with Crippen LogP contribution in [0.15, 0.2) is 30.3 Å². The summed E-state index contributed by atoms with van der Waals surface area (Å²) in [5.41, 5.74) is -0.600. The van der Waals surface area contributed by atoms with Gasteiger partial charge in [0.25, 0.3) is 5.91 Å². The van der Waals surface area contributed by atoms with Gasteiger partial charge in [-0.25, -0.2) is 22.4 Å². The largest absolute Gasteiger partial charge is 0.356 e. The molecule has 4 amide bonds. The van der Waals surface area contributed by atoms with E-state index < -0.39 is 21.6 Å². The van der Waals surface area contributed by atoms with Crippen LogP contribution in [0.5, 0.6) is 0 Å². The van der Waals surface area contributed by atoms with Crippen molar-refractivity contribution in [2.24, 2.45) is 0 Å². The van der Waals surface area contributed by atoms with Gasteiger partial charge in [-0.1, -0.05) is 25.1 Å². The third-order valence-corrected chi connectivity index (χ3v) is 7.18. The Morgan fingerprint density at radius 2 is 1.83 bits per heavy atom. The van der Waals surface area contributed by atoms with Crippen LogP contribution in [0.3, 0.4) is 0 Å². The van der Waals surface area contributed by atoms with Crippen molar-refractivity contribution in [1.29, 1.82) is 0 Å². The van der Waals surface area contributed by atoms with E-state index in [-0.39, 0.29) is 49.9 Å². The Labute approximate surface area is 170 Å². The van der Waals surface area contributed by atoms with Gasteiger partial charge in [-0.3, -0.25) is 9.59 Å². The number of piperidine rings is 1. The Hall–Kier alpha value is -2.46. The third kappa shape index (κ3) is 4.43. The number of hydrogen-bond acceptors (Lipinski definition) is 5. The van der Waals surface area contributed by atoms with Gasteiger partial charge < -0.3 is 10.6 Å². The van der Waals surface area contributed by atoms with E-state index >= 15 is 0 Å². The van der Waals surface area contributed by atoms with Gasteiger partial charge in [0.1, 0.15) is 5.54 Å². The summed E-state index contributed by atoms with van der Waals surface area (Å²) in [6, 6.07) is 8.15. The van der Waals surface area contributed by atoms with Crippen molar-refractivity contribution in [2.75, 3.05) is 30.3 Å². The highest BCUT2D eigenvalue weighted by Crippen LogP contribution is 2.33. The minimum atomic E-state index is -3.61. The monoisotopic (exact) mass is 422 g/mol. The highest BCUT2D eigenvalue weighted by molar-refractivity contribution is 7.89. The van der Waals surface area contributed by atoms with E-state index in [9.17, 15) is 22.8 Å². The highest BCUT2D eigenvalue weighted by atomic mass is 32.2. The third-order valence-electron chi connectivity index (χ3n) is 5.30. The lowest BCUT2D eigenvalue weighted by Gasteiger charge is -2.36. The van der Waals surface area contributed by atoms with Crippen LogP contribution < -0.4 is 15.5 Å². The van der Waals surface area contributed by atoms with Gasteiger partial charge in [0.2, 0.25) is 15.9 Å². The average molecular weight is 423 g/mol. The summed E-state index contributed by atoms with van der Waals surface area (Å²) in [4.78, 5) is 38.2. The van der Waals surface area contributed by atoms with Crippen LogP contribution in [0, 0.1) is 0 Å². The van der Waals surface area contributed by atoms with E-state index in [1.54, 1.807) is 30.3 Å². The molecule has 0 aromatic heterocycles. The van der Waals surface area contributed by atoms with Gasteiger partial charge in [0, 0.05) is 26.1 Å². The second-order valence-electron chi connectivity index (χ2n) is 7.30. The second-order valence-corrected chi connectivity index (χ2v) is 9.39. The van der Waals surface area contributed by atoms with Gasteiger partial charge in [-0.2, -0.15) is 0 Å². The van der Waals surface area contributed by atoms with Crippen molar-refractivity contribution in [3.8, 4) is 0 Å². The molecule has 158 valence electrons. The minimum Gasteiger partial charge on any atom is -0.356 e. The number of amides is 4. The number of sulfonamides is 1. The number of anilines is 1. The summed E-state index contributed by atoms with van der Waals surface area (Å²) in [6.45, 7) is 2.68. The van der Waals surface area contributed by atoms with E-state index in [2.05, 4.69) is 10.6 Å². The van der Waals surface area contributed by atoms with Crippen LogP contribution >= 0.6 is 0 Å². The minimum absolute atomic E-state index is 0.0958. The molecule has 2 N–H and O–H groups in total. The van der Waals surface area contributed by atoms with Gasteiger partial charge in [-0.15, -0.1) is 0 Å². The predicted octanol–water partition coefficient (Wildman–Crippen LogP) is 0.824. The fourth-order valence-corrected chi connectivity index (χ4v) is 5.06. The van der Waals surface area contributed by atoms with Crippen LogP contribution in [0.25, 0.3) is 0 Å². The molecule has 2 heterocycles. The topological polar surface area (TPSA) is 116 Å². The number of rotatable bonds is 7. The standard InChI is InChI=1S/C19H26N4O5S/c1-2-11-20-16(24)8-14-29(27,28)22-12-9-19(10-13-22)17(25)23(18(26)21-19)15-6-4-3-5-7-15/h3-7H,2,8-14H2,1H3,(H,20,24)(H,21,26). The number of carbonyl (C=O) groups excluding carboxylic acids is 3. The molecule has 0 bridgehead atoms. The maximum Gasteiger partial charge on any atom is 0.329 e. The molecule has 2 aliphatic heterocycles. The molecule has 0 unspecified atom stereocenters. The summed E-state index contributed by atoms with van der Waals surface area (Å²) in [5.74, 6) is -0.920. The predicted molar refractivity (Wildman–Crippen MR) is 108 cm³/mol. The summed E-state index contributed by atoms with van der Waals surface area (Å²) in [6.07, 6.45) is 1.08. The van der Waals surface area contributed by atoms with E-state index in [1.165, 1.54) is 4.31 Å². The number of para-hydroxylation sites is 1. The molecule has 9 nitrogen and oxygen atoms in total. The van der Waals surface area contributed by atoms with Crippen molar-refractivity contribution >= 4 is 33.6 Å². The molecular weight excluding hydrogens is 396 g/mol. The maximum absolute atomic E-state index is 13.0. The average Bonchev–Trinajstić information content (AvgIpc) is 2.95. The van der Waals surface area contributed by atoms with Crippen LogP contribution in [-0.2, 0) is 19.6 Å². The van der Waals surface area contributed by atoms with E-state index in [4.69, 9.17) is 0 Å². The first-order valence-electron chi connectivity index (χ1n) is 9.75. The maximum atomic E-state index is 13.0. The number of nitrogens with zero attached hydrogens (tertiary/aromatic N) is 2. The van der Waals surface area contributed by atoms with Crippen LogP contribution in [0.4, 0.5) is 10.5 Å². The number of nitrogens with one attached hydrogen (secondary N) is 2. The lowest BCUT2D eigenvalue weighted by atomic mass is 9.88. The van der Waals surface area contributed by atoms with Crippen molar-refractivity contribution < 1.29 is 22.8 Å². The van der Waals surface area contributed by atoms with E-state index in [0.29, 0.717) is 12.2 Å². The van der Waals surface area contributed by atoms with Crippen molar-refractivity contribution in [1.82, 2.24) is 14.9 Å². The zero-order valence-electron chi connectivity index (χ0n) is 16.4. The fraction of sp³-hybridized carbons (Fsp3) is 0.526. The van der Waals surface area contributed by atoms with Crippen molar-refractivity contribution in [2.45, 2.75) is 38.1 Å². The Morgan fingerprint density at radius 1 is 1.17 bits per heavy atom. The normalized spacial score (nSPS) is 19.4. The Morgan fingerprint density at radius 3 is 2.45 bits per heavy atom. The molecule has 3 rings (SSSR count). The van der Waals surface area contributed by atoms with E-state index in [1.807, 2.05) is 6.92 Å². The molecule has 0 saturated carbocycles. The van der Waals surface area contributed by atoms with Gasteiger partial charge in [0.15, 0.2) is 0 Å². The Balaban J connectivity index is 1.62. The molecule has 2 saturated heterocycles. The zero-order valence-corrected chi connectivity index (χ0v) is 17.2. The summed E-state index contributed by atoms with van der Waals surface area (Å²) in [5, 5.41) is 5.42. The number of urea groups is 1. The van der Waals surface area contributed by atoms with Gasteiger partial charge in [-0.05, 0) is 31.4 Å². The molecule has 0 atom stereocenters. The van der Waals surface area contributed by atoms with E-state index in [0.717, 1.165) is 11.3 Å². The first-order valence-corrected chi connectivity index (χ1v) is 11.4. The molecule has 29 heavy (non-hydrogen) atoms. The molecule has 1 spiro atoms. The number of benzene rings is 1. The van der Waals surface area contributed by atoms with Crippen molar-refractivity contribution in [3.63, 3.8) is 0 Å². The van der Waals surface area contributed by atoms with Gasteiger partial charge >= 0.3 is 6.03 Å². The molecular formula is C19H26N4O5S. The Bertz CT molecular complexity index is 879. The Kier molecular flexibility index (Phi) is 6.23. The zero-order chi connectivity index (χ0) is 21.1. The first kappa shape index (κ1) is 21.3. The van der Waals surface area contributed by atoms with Crippen LogP contribution in [0.2, 0.25) is 0 Å². The first-order chi connectivity index (χ1) is 13.8. The molecule has 1 aromatic rings. The summed E-state index contributed by atoms with van der Waals surface area (Å²) in [7, 11) is -3.61. The summed E-state index contributed by atoms with van der Waals surface area (Å²) < 4.78 is 26.4. The van der Waals surface area contributed by atoms with Gasteiger partial charge in [0.05, 0.1) is 11.4 Å². The number of imide groups is 1.